The van der Waals surface area contributed by atoms with Crippen LogP contribution in [0.1, 0.15) is 19.8 Å². The van der Waals surface area contributed by atoms with E-state index in [4.69, 9.17) is 4.74 Å². The van der Waals surface area contributed by atoms with Crippen molar-refractivity contribution in [1.29, 1.82) is 0 Å². The van der Waals surface area contributed by atoms with Gasteiger partial charge in [0.15, 0.2) is 0 Å². The lowest BCUT2D eigenvalue weighted by Gasteiger charge is -2.22. The molecule has 1 unspecified atom stereocenters. The maximum Gasteiger partial charge on any atom is 0.322 e. The van der Waals surface area contributed by atoms with Gasteiger partial charge in [0.1, 0.15) is 0 Å². The van der Waals surface area contributed by atoms with Gasteiger partial charge in [0.25, 0.3) is 0 Å². The van der Waals surface area contributed by atoms with Crippen LogP contribution in [-0.4, -0.2) is 46.2 Å². The number of nitrogens with one attached hydrogen (secondary N) is 2. The van der Waals surface area contributed by atoms with E-state index >= 15 is 0 Å². The van der Waals surface area contributed by atoms with Gasteiger partial charge in [0.05, 0.1) is 7.11 Å². The molecule has 0 bridgehead atoms. The number of hydrogen-bond acceptors (Lipinski definition) is 7. The highest BCUT2D eigenvalue weighted by Gasteiger charge is 2.29. The van der Waals surface area contributed by atoms with Crippen LogP contribution < -0.4 is 15.4 Å². The largest absolute Gasteiger partial charge is 0.467 e. The van der Waals surface area contributed by atoms with E-state index in [1.54, 1.807) is 14.2 Å². The van der Waals surface area contributed by atoms with Gasteiger partial charge >= 0.3 is 6.01 Å². The van der Waals surface area contributed by atoms with Crippen LogP contribution in [-0.2, 0) is 0 Å². The number of nitrogens with zero attached hydrogens (tertiary/aromatic N) is 3. The molecule has 6 nitrogen and oxygen atoms in total. The lowest BCUT2D eigenvalue weighted by Crippen LogP contribution is -2.28. The fourth-order valence-electron chi connectivity index (χ4n) is 1.88. The molecule has 1 aliphatic heterocycles. The predicted octanol–water partition coefficient (Wildman–Crippen LogP) is 1.62. The molecule has 2 heterocycles. The highest BCUT2D eigenvalue weighted by Crippen LogP contribution is 2.37. The second-order valence-corrected chi connectivity index (χ2v) is 6.16. The van der Waals surface area contributed by atoms with Gasteiger partial charge in [-0.3, -0.25) is 0 Å². The van der Waals surface area contributed by atoms with Crippen LogP contribution in [0.3, 0.4) is 0 Å². The van der Waals surface area contributed by atoms with Crippen molar-refractivity contribution >= 4 is 23.7 Å². The Hall–Kier alpha value is -1.24. The van der Waals surface area contributed by atoms with E-state index in [0.717, 1.165) is 6.54 Å². The highest BCUT2D eigenvalue weighted by atomic mass is 32.2. The van der Waals surface area contributed by atoms with Crippen LogP contribution in [0.5, 0.6) is 6.01 Å². The van der Waals surface area contributed by atoms with Crippen molar-refractivity contribution in [2.24, 2.45) is 0 Å². The predicted molar refractivity (Wildman–Crippen MR) is 74.5 cm³/mol. The molecule has 0 saturated carbocycles. The first-order valence-electron chi connectivity index (χ1n) is 6.01. The van der Waals surface area contributed by atoms with Gasteiger partial charge in [-0.1, -0.05) is 0 Å². The number of aromatic nitrogens is 3. The van der Waals surface area contributed by atoms with Gasteiger partial charge < -0.3 is 15.4 Å². The maximum atomic E-state index is 5.05. The third kappa shape index (κ3) is 3.16. The van der Waals surface area contributed by atoms with E-state index in [2.05, 4.69) is 32.5 Å². The number of ether oxygens (including phenoxy) is 1. The molecule has 2 N–H and O–H groups in total. The van der Waals surface area contributed by atoms with Crippen molar-refractivity contribution in [3.05, 3.63) is 0 Å². The Bertz CT molecular complexity index is 386. The van der Waals surface area contributed by atoms with Crippen molar-refractivity contribution in [1.82, 2.24) is 15.0 Å². The normalized spacial score (nSPS) is 22.8. The van der Waals surface area contributed by atoms with Crippen LogP contribution >= 0.6 is 11.8 Å². The summed E-state index contributed by atoms with van der Waals surface area (Å²) >= 11 is 2.00. The molecule has 0 aromatic carbocycles. The quantitative estimate of drug-likeness (QED) is 0.841. The average molecular weight is 269 g/mol. The highest BCUT2D eigenvalue weighted by molar-refractivity contribution is 8.00. The minimum Gasteiger partial charge on any atom is -0.467 e. The molecule has 7 heteroatoms. The summed E-state index contributed by atoms with van der Waals surface area (Å²) in [5.74, 6) is 2.30. The first kappa shape index (κ1) is 13.2. The summed E-state index contributed by atoms with van der Waals surface area (Å²) in [6, 6.07) is 0.320. The molecule has 1 fully saturated rings. The summed E-state index contributed by atoms with van der Waals surface area (Å²) in [7, 11) is 3.32. The average Bonchev–Trinajstić information content (AvgIpc) is 2.83. The van der Waals surface area contributed by atoms with E-state index in [1.165, 1.54) is 18.6 Å². The van der Waals surface area contributed by atoms with Crippen molar-refractivity contribution in [3.8, 4) is 6.01 Å². The zero-order valence-corrected chi connectivity index (χ0v) is 11.8. The summed E-state index contributed by atoms with van der Waals surface area (Å²) < 4.78 is 5.32. The number of thioether (sulfide) groups is 1. The smallest absolute Gasteiger partial charge is 0.322 e. The van der Waals surface area contributed by atoms with Crippen LogP contribution in [0.2, 0.25) is 0 Å². The lowest BCUT2D eigenvalue weighted by atomic mass is 10.1. The molecule has 1 saturated heterocycles. The monoisotopic (exact) mass is 269 g/mol. The van der Waals surface area contributed by atoms with E-state index in [1.807, 2.05) is 11.8 Å². The molecule has 1 aromatic heterocycles. The number of anilines is 2. The minimum atomic E-state index is 0.277. The third-order valence-electron chi connectivity index (χ3n) is 2.94. The number of rotatable bonds is 5. The van der Waals surface area contributed by atoms with Gasteiger partial charge in [-0.2, -0.15) is 26.7 Å². The van der Waals surface area contributed by atoms with Gasteiger partial charge in [-0.15, -0.1) is 0 Å². The third-order valence-corrected chi connectivity index (χ3v) is 4.48. The number of hydrogen-bond donors (Lipinski definition) is 2. The van der Waals surface area contributed by atoms with E-state index < -0.39 is 0 Å². The molecule has 18 heavy (non-hydrogen) atoms. The first-order chi connectivity index (χ1) is 8.65. The molecule has 1 aliphatic rings. The molecule has 2 rings (SSSR count). The number of methoxy groups -OCH3 is 1. The Labute approximate surface area is 111 Å². The Morgan fingerprint density at radius 3 is 2.72 bits per heavy atom. The minimum absolute atomic E-state index is 0.277. The fourth-order valence-corrected chi connectivity index (χ4v) is 3.13. The van der Waals surface area contributed by atoms with Crippen molar-refractivity contribution in [2.45, 2.75) is 24.5 Å². The summed E-state index contributed by atoms with van der Waals surface area (Å²) in [6.45, 7) is 3.13. The summed E-state index contributed by atoms with van der Waals surface area (Å²) in [5, 5.41) is 6.17. The van der Waals surface area contributed by atoms with E-state index in [0.29, 0.717) is 17.9 Å². The molecular formula is C11H19N5OS. The zero-order valence-electron chi connectivity index (χ0n) is 11.0. The molecular weight excluding hydrogens is 250 g/mol. The van der Waals surface area contributed by atoms with Crippen LogP contribution in [0.15, 0.2) is 0 Å². The van der Waals surface area contributed by atoms with Gasteiger partial charge in [-0.05, 0) is 25.5 Å². The summed E-state index contributed by atoms with van der Waals surface area (Å²) in [4.78, 5) is 12.5. The maximum absolute atomic E-state index is 5.05. The second kappa shape index (κ2) is 5.60. The van der Waals surface area contributed by atoms with Gasteiger partial charge in [0.2, 0.25) is 11.9 Å². The van der Waals surface area contributed by atoms with Gasteiger partial charge in [-0.25, -0.2) is 0 Å². The zero-order chi connectivity index (χ0) is 13.0. The SMILES string of the molecule is CNc1nc(NCC2(C)CCCS2)nc(OC)n1. The van der Waals surface area contributed by atoms with Crippen molar-refractivity contribution < 1.29 is 4.74 Å². The molecule has 1 aromatic rings. The second-order valence-electron chi connectivity index (χ2n) is 4.47. The Balaban J connectivity index is 2.04. The molecule has 100 valence electrons. The topological polar surface area (TPSA) is 72.0 Å². The standard InChI is InChI=1S/C11H19N5OS/c1-11(5-4-6-18-11)7-13-9-14-8(12-2)15-10(16-9)17-3/h4-7H2,1-3H3,(H2,12,13,14,15,16). The van der Waals surface area contributed by atoms with Crippen LogP contribution in [0, 0.1) is 0 Å². The summed E-state index contributed by atoms with van der Waals surface area (Å²) in [6.07, 6.45) is 2.51. The Morgan fingerprint density at radius 2 is 2.11 bits per heavy atom. The Morgan fingerprint density at radius 1 is 1.33 bits per heavy atom. The Kier molecular flexibility index (Phi) is 4.11. The summed E-state index contributed by atoms with van der Waals surface area (Å²) in [5.41, 5.74) is 0. The van der Waals surface area contributed by atoms with Crippen molar-refractivity contribution in [3.63, 3.8) is 0 Å². The molecule has 1 atom stereocenters. The van der Waals surface area contributed by atoms with E-state index in [-0.39, 0.29) is 4.75 Å². The van der Waals surface area contributed by atoms with Crippen molar-refractivity contribution in [2.75, 3.05) is 37.1 Å². The molecule has 0 aliphatic carbocycles. The molecule has 0 spiro atoms. The first-order valence-corrected chi connectivity index (χ1v) is 6.99. The van der Waals surface area contributed by atoms with E-state index in [9.17, 15) is 0 Å². The molecule has 0 amide bonds. The van der Waals surface area contributed by atoms with Crippen LogP contribution in [0.25, 0.3) is 0 Å². The fraction of sp³-hybridized carbons (Fsp3) is 0.727. The van der Waals surface area contributed by atoms with Gasteiger partial charge in [0, 0.05) is 18.3 Å². The lowest BCUT2D eigenvalue weighted by molar-refractivity contribution is 0.379. The molecule has 0 radical (unpaired) electrons. The van der Waals surface area contributed by atoms with Crippen LogP contribution in [0.4, 0.5) is 11.9 Å².